The number of para-hydroxylation sites is 1. The Labute approximate surface area is 136 Å². The van der Waals surface area contributed by atoms with Gasteiger partial charge in [0.25, 0.3) is 5.95 Å². The van der Waals surface area contributed by atoms with Gasteiger partial charge in [0.1, 0.15) is 11.3 Å². The van der Waals surface area contributed by atoms with Gasteiger partial charge in [0, 0.05) is 12.4 Å². The minimum atomic E-state index is -0.283. The first-order chi connectivity index (χ1) is 11.7. The second-order valence-corrected chi connectivity index (χ2v) is 5.31. The lowest BCUT2D eigenvalue weighted by atomic mass is 10.2. The second kappa shape index (κ2) is 5.69. The normalized spacial score (nSPS) is 11.6. The summed E-state index contributed by atoms with van der Waals surface area (Å²) in [6.45, 7) is 0. The maximum absolute atomic E-state index is 12.9. The van der Waals surface area contributed by atoms with E-state index in [1.807, 2.05) is 35.9 Å². The molecule has 0 fully saturated rings. The van der Waals surface area contributed by atoms with Crippen molar-refractivity contribution >= 4 is 34.2 Å². The Kier molecular flexibility index (Phi) is 3.38. The molecule has 0 unspecified atom stereocenters. The largest absolute Gasteiger partial charge is 0.327 e. The Morgan fingerprint density at radius 2 is 1.88 bits per heavy atom. The highest BCUT2D eigenvalue weighted by atomic mass is 19.1. The molecule has 24 heavy (non-hydrogen) atoms. The number of halogens is 1. The van der Waals surface area contributed by atoms with Crippen molar-refractivity contribution in [2.45, 2.75) is 0 Å². The molecule has 2 heterocycles. The molecular weight excluding hydrogens is 307 g/mol. The maximum Gasteiger partial charge on any atom is 0.265 e. The van der Waals surface area contributed by atoms with E-state index >= 15 is 0 Å². The maximum atomic E-state index is 12.9. The quantitative estimate of drug-likeness (QED) is 0.465. The van der Waals surface area contributed by atoms with Crippen LogP contribution < -0.4 is 5.43 Å². The van der Waals surface area contributed by atoms with Crippen molar-refractivity contribution in [3.05, 3.63) is 59.9 Å². The molecule has 7 heteroatoms. The van der Waals surface area contributed by atoms with E-state index < -0.39 is 0 Å². The third-order valence-corrected chi connectivity index (χ3v) is 3.75. The van der Waals surface area contributed by atoms with Crippen molar-refractivity contribution in [2.75, 3.05) is 5.43 Å². The molecule has 0 aliphatic carbocycles. The van der Waals surface area contributed by atoms with Gasteiger partial charge >= 0.3 is 0 Å². The van der Waals surface area contributed by atoms with Crippen LogP contribution in [0.4, 0.5) is 10.3 Å². The molecule has 6 nitrogen and oxygen atoms in total. The number of benzene rings is 2. The topological polar surface area (TPSA) is 68.0 Å². The van der Waals surface area contributed by atoms with Gasteiger partial charge in [-0.2, -0.15) is 10.1 Å². The minimum Gasteiger partial charge on any atom is -0.327 e. The number of hydrogen-bond acceptors (Lipinski definition) is 5. The summed E-state index contributed by atoms with van der Waals surface area (Å²) in [5.41, 5.74) is 6.04. The van der Waals surface area contributed by atoms with Gasteiger partial charge in [-0.1, -0.05) is 30.3 Å². The standard InChI is InChI=1S/C17H13FN6/c1-24-14-5-3-2-4-13(14)15-16(24)20-17(23-21-15)22-19-10-11-6-8-12(18)9-7-11/h2-10H,1H3,(H,20,22,23). The third kappa shape index (κ3) is 2.45. The van der Waals surface area contributed by atoms with Gasteiger partial charge in [0.15, 0.2) is 5.65 Å². The van der Waals surface area contributed by atoms with Gasteiger partial charge in [-0.05, 0) is 23.8 Å². The highest BCUT2D eigenvalue weighted by Gasteiger charge is 2.11. The van der Waals surface area contributed by atoms with Crippen LogP contribution in [-0.2, 0) is 7.05 Å². The van der Waals surface area contributed by atoms with Crippen molar-refractivity contribution in [2.24, 2.45) is 12.1 Å². The molecule has 0 saturated heterocycles. The molecule has 0 aliphatic heterocycles. The van der Waals surface area contributed by atoms with Gasteiger partial charge in [0.05, 0.1) is 11.7 Å². The zero-order chi connectivity index (χ0) is 16.5. The second-order valence-electron chi connectivity index (χ2n) is 5.31. The van der Waals surface area contributed by atoms with Crippen molar-refractivity contribution < 1.29 is 4.39 Å². The highest BCUT2D eigenvalue weighted by molar-refractivity contribution is 6.04. The Morgan fingerprint density at radius 3 is 2.71 bits per heavy atom. The molecule has 0 amide bonds. The highest BCUT2D eigenvalue weighted by Crippen LogP contribution is 2.24. The molecule has 0 bridgehead atoms. The summed E-state index contributed by atoms with van der Waals surface area (Å²) in [5, 5.41) is 13.4. The first kappa shape index (κ1) is 14.3. The number of nitrogens with one attached hydrogen (secondary N) is 1. The van der Waals surface area contributed by atoms with Crippen LogP contribution in [0.1, 0.15) is 5.56 Å². The van der Waals surface area contributed by atoms with Gasteiger partial charge in [-0.3, -0.25) is 0 Å². The number of rotatable bonds is 3. The lowest BCUT2D eigenvalue weighted by molar-refractivity contribution is 0.628. The number of aryl methyl sites for hydroxylation is 1. The number of hydrazone groups is 1. The molecule has 1 N–H and O–H groups in total. The Hall–Kier alpha value is -3.35. The number of fused-ring (bicyclic) bond motifs is 3. The van der Waals surface area contributed by atoms with Gasteiger partial charge in [-0.25, -0.2) is 9.82 Å². The van der Waals surface area contributed by atoms with Crippen molar-refractivity contribution in [3.63, 3.8) is 0 Å². The van der Waals surface area contributed by atoms with E-state index in [9.17, 15) is 4.39 Å². The summed E-state index contributed by atoms with van der Waals surface area (Å²) in [7, 11) is 1.94. The average Bonchev–Trinajstić information content (AvgIpc) is 2.90. The Morgan fingerprint density at radius 1 is 1.08 bits per heavy atom. The molecule has 0 radical (unpaired) electrons. The van der Waals surface area contributed by atoms with Gasteiger partial charge in [0.2, 0.25) is 0 Å². The van der Waals surface area contributed by atoms with Crippen LogP contribution in [0.25, 0.3) is 22.1 Å². The lowest BCUT2D eigenvalue weighted by Gasteiger charge is -1.99. The van der Waals surface area contributed by atoms with E-state index in [1.165, 1.54) is 12.1 Å². The molecule has 0 atom stereocenters. The summed E-state index contributed by atoms with van der Waals surface area (Å²) in [4.78, 5) is 4.46. The number of hydrogen-bond donors (Lipinski definition) is 1. The predicted molar refractivity (Wildman–Crippen MR) is 91.4 cm³/mol. The van der Waals surface area contributed by atoms with Crippen LogP contribution in [0.15, 0.2) is 53.6 Å². The number of nitrogens with zero attached hydrogens (tertiary/aromatic N) is 5. The van der Waals surface area contributed by atoms with Gasteiger partial charge in [-0.15, -0.1) is 10.2 Å². The van der Waals surface area contributed by atoms with Crippen LogP contribution in [-0.4, -0.2) is 26.0 Å². The van der Waals surface area contributed by atoms with Crippen LogP contribution >= 0.6 is 0 Å². The lowest BCUT2D eigenvalue weighted by Crippen LogP contribution is -2.00. The molecule has 2 aromatic heterocycles. The third-order valence-electron chi connectivity index (χ3n) is 3.75. The first-order valence-electron chi connectivity index (χ1n) is 7.35. The van der Waals surface area contributed by atoms with Crippen molar-refractivity contribution in [1.29, 1.82) is 0 Å². The number of anilines is 1. The average molecular weight is 320 g/mol. The Balaban J connectivity index is 1.64. The van der Waals surface area contributed by atoms with Crippen LogP contribution in [0.3, 0.4) is 0 Å². The zero-order valence-corrected chi connectivity index (χ0v) is 12.8. The summed E-state index contributed by atoms with van der Waals surface area (Å²) >= 11 is 0. The molecule has 4 rings (SSSR count). The number of aromatic nitrogens is 4. The summed E-state index contributed by atoms with van der Waals surface area (Å²) in [5.74, 6) is 0.0145. The van der Waals surface area contributed by atoms with Crippen LogP contribution in [0.2, 0.25) is 0 Å². The van der Waals surface area contributed by atoms with E-state index in [0.29, 0.717) is 5.95 Å². The molecule has 4 aromatic rings. The predicted octanol–water partition coefficient (Wildman–Crippen LogP) is 3.10. The molecule has 2 aromatic carbocycles. The smallest absolute Gasteiger partial charge is 0.265 e. The summed E-state index contributed by atoms with van der Waals surface area (Å²) < 4.78 is 14.8. The Bertz CT molecular complexity index is 1050. The van der Waals surface area contributed by atoms with E-state index in [0.717, 1.165) is 27.6 Å². The van der Waals surface area contributed by atoms with Crippen molar-refractivity contribution in [1.82, 2.24) is 19.7 Å². The van der Waals surface area contributed by atoms with E-state index in [4.69, 9.17) is 0 Å². The zero-order valence-electron chi connectivity index (χ0n) is 12.8. The van der Waals surface area contributed by atoms with Gasteiger partial charge < -0.3 is 4.57 Å². The van der Waals surface area contributed by atoms with Crippen LogP contribution in [0.5, 0.6) is 0 Å². The van der Waals surface area contributed by atoms with Crippen LogP contribution in [0, 0.1) is 5.82 Å². The van der Waals surface area contributed by atoms with E-state index in [-0.39, 0.29) is 5.82 Å². The first-order valence-corrected chi connectivity index (χ1v) is 7.35. The fourth-order valence-electron chi connectivity index (χ4n) is 2.57. The molecule has 0 saturated carbocycles. The van der Waals surface area contributed by atoms with Crippen molar-refractivity contribution in [3.8, 4) is 0 Å². The molecule has 0 spiro atoms. The monoisotopic (exact) mass is 320 g/mol. The van der Waals surface area contributed by atoms with E-state index in [1.54, 1.807) is 18.3 Å². The minimum absolute atomic E-state index is 0.283. The fraction of sp³-hybridized carbons (Fsp3) is 0.0588. The SMILES string of the molecule is Cn1c2ccccc2c2nnc(NN=Cc3ccc(F)cc3)nc21. The summed E-state index contributed by atoms with van der Waals surface area (Å²) in [6, 6.07) is 14.0. The molecular formula is C17H13FN6. The fourth-order valence-corrected chi connectivity index (χ4v) is 2.57. The molecule has 118 valence electrons. The molecule has 0 aliphatic rings. The van der Waals surface area contributed by atoms with E-state index in [2.05, 4.69) is 25.7 Å². The summed E-state index contributed by atoms with van der Waals surface area (Å²) in [6.07, 6.45) is 1.56.